The van der Waals surface area contributed by atoms with Gasteiger partial charge in [0.25, 0.3) is 0 Å². The number of fused-ring (bicyclic) bond motifs is 6. The second kappa shape index (κ2) is 20.7. The van der Waals surface area contributed by atoms with Gasteiger partial charge in [-0.3, -0.25) is 14.4 Å². The van der Waals surface area contributed by atoms with Crippen molar-refractivity contribution in [2.75, 3.05) is 0 Å². The van der Waals surface area contributed by atoms with E-state index in [9.17, 15) is 14.4 Å². The predicted molar refractivity (Wildman–Crippen MR) is 233 cm³/mol. The minimum absolute atomic E-state index is 0. The predicted octanol–water partition coefficient (Wildman–Crippen LogP) is 11.8. The van der Waals surface area contributed by atoms with E-state index in [1.807, 2.05) is 30.3 Å². The number of Topliss-reactive ketones (excluding diaryl/α,β-unsaturated/α-hetero) is 3. The monoisotopic (exact) mass is 717 g/mol. The molecule has 4 aromatic rings. The fourth-order valence-electron chi connectivity index (χ4n) is 9.40. The van der Waals surface area contributed by atoms with Gasteiger partial charge in [0.1, 0.15) is 0 Å². The van der Waals surface area contributed by atoms with Crippen LogP contribution < -0.4 is 0 Å². The third-order valence-corrected chi connectivity index (χ3v) is 12.0. The number of benzene rings is 4. The van der Waals surface area contributed by atoms with Crippen LogP contribution in [0.1, 0.15) is 152 Å². The van der Waals surface area contributed by atoms with Gasteiger partial charge in [0, 0.05) is 59.7 Å². The summed E-state index contributed by atoms with van der Waals surface area (Å²) in [5.74, 6) is 0.881. The third-order valence-electron chi connectivity index (χ3n) is 12.0. The Bertz CT molecular complexity index is 1860. The highest BCUT2D eigenvalue weighted by molar-refractivity contribution is 6.16. The second-order valence-electron chi connectivity index (χ2n) is 14.6. The largest absolute Gasteiger partial charge is 0.294 e. The fraction of sp³-hybridized carbons (Fsp3) is 0.438. The molecule has 0 heterocycles. The van der Waals surface area contributed by atoms with Crippen LogP contribution in [-0.2, 0) is 12.8 Å². The summed E-state index contributed by atoms with van der Waals surface area (Å²) in [7, 11) is 0. The van der Waals surface area contributed by atoms with Crippen LogP contribution >= 0.6 is 0 Å². The summed E-state index contributed by atoms with van der Waals surface area (Å²) >= 11 is 0. The van der Waals surface area contributed by atoms with Gasteiger partial charge in [-0.25, -0.2) is 0 Å². The summed E-state index contributed by atoms with van der Waals surface area (Å²) in [6.45, 7) is 6.77. The first-order valence-corrected chi connectivity index (χ1v) is 18.4. The van der Waals surface area contributed by atoms with E-state index >= 15 is 0 Å². The number of rotatable bonds is 0. The third kappa shape index (κ3) is 8.80. The number of aryl methyl sites for hydroxylation is 2. The molecule has 0 aliphatic heterocycles. The van der Waals surface area contributed by atoms with Crippen LogP contribution in [-0.4, -0.2) is 42.6 Å². The molecule has 54 heavy (non-hydrogen) atoms. The van der Waals surface area contributed by atoms with E-state index in [1.165, 1.54) is 77.1 Å². The van der Waals surface area contributed by atoms with E-state index in [-0.39, 0.29) is 76.8 Å². The van der Waals surface area contributed by atoms with Crippen LogP contribution in [0.3, 0.4) is 0 Å². The Kier molecular flexibility index (Phi) is 18.4. The zero-order valence-corrected chi connectivity index (χ0v) is 30.6. The summed E-state index contributed by atoms with van der Waals surface area (Å²) in [6.07, 6.45) is 13.9. The normalized spacial score (nSPS) is 20.1. The molecule has 6 heteroatoms. The molecular formula is C48H60B3O3. The molecule has 3 atom stereocenters. The molecule has 0 amide bonds. The molecule has 9 radical (unpaired) electrons. The summed E-state index contributed by atoms with van der Waals surface area (Å²) < 4.78 is 0. The Morgan fingerprint density at radius 1 is 0.444 bits per heavy atom. The van der Waals surface area contributed by atoms with Gasteiger partial charge in [-0.05, 0) is 123 Å². The van der Waals surface area contributed by atoms with E-state index in [0.29, 0.717) is 16.9 Å². The SMILES string of the molecule is C.C.C.CC1=C2CCCCC2C(=O)c2ccccc21.Cc1c2c(c(C)c3ccccc13)CCCC2.O=C1c2ccccc2C(=O)C2CCCCC12.[B].[B].[B]. The van der Waals surface area contributed by atoms with Crippen LogP contribution in [0.4, 0.5) is 0 Å². The van der Waals surface area contributed by atoms with Crippen LogP contribution in [0.25, 0.3) is 16.3 Å². The van der Waals surface area contributed by atoms with Gasteiger partial charge in [-0.2, -0.15) is 0 Å². The first-order valence-electron chi connectivity index (χ1n) is 18.4. The van der Waals surface area contributed by atoms with Crippen molar-refractivity contribution >= 4 is 58.9 Å². The van der Waals surface area contributed by atoms with E-state index in [4.69, 9.17) is 0 Å². The zero-order chi connectivity index (χ0) is 33.4. The number of allylic oxidation sites excluding steroid dienone is 2. The average Bonchev–Trinajstić information content (AvgIpc) is 3.15. The Balaban J connectivity index is 0.000000384. The highest BCUT2D eigenvalue weighted by Gasteiger charge is 2.42. The summed E-state index contributed by atoms with van der Waals surface area (Å²) in [5.41, 5.74) is 12.5. The highest BCUT2D eigenvalue weighted by atomic mass is 16.1. The number of hydrogen-bond donors (Lipinski definition) is 0. The summed E-state index contributed by atoms with van der Waals surface area (Å²) in [6, 6.07) is 24.2. The van der Waals surface area contributed by atoms with Crippen molar-refractivity contribution in [3.8, 4) is 0 Å². The number of carbonyl (C=O) groups excluding carboxylic acids is 3. The highest BCUT2D eigenvalue weighted by Crippen LogP contribution is 2.42. The van der Waals surface area contributed by atoms with Crippen LogP contribution in [0.15, 0.2) is 78.4 Å². The number of hydrogen-bond acceptors (Lipinski definition) is 3. The molecule has 0 bridgehead atoms. The minimum atomic E-state index is -0.0313. The Morgan fingerprint density at radius 3 is 1.28 bits per heavy atom. The standard InChI is InChI=1S/C16H18.C15H16O.C14H14O2.3CH4.3B/c1-11-13-7-3-5-9-15(13)12(2)16-10-6-4-8-14(11)16;1-10-11-6-2-4-8-13(11)15(16)14-9-5-3-7-12(10)14;15-13-9-5-1-2-6-10(9)14(16)12-8-4-3-7-11(12)13;;;;;;/h3,5,7,9H,4,6,8,10H2,1-2H3;2,4,6,8,14H,3,5,7,9H2,1H3;1-2,5-6,11-12H,3-4,7-8H2;3*1H4;;;. The Labute approximate surface area is 332 Å². The van der Waals surface area contributed by atoms with Crippen LogP contribution in [0.2, 0.25) is 0 Å². The van der Waals surface area contributed by atoms with Crippen molar-refractivity contribution in [1.29, 1.82) is 0 Å². The Hall–Kier alpha value is -3.92. The van der Waals surface area contributed by atoms with E-state index in [0.717, 1.165) is 44.1 Å². The maximum absolute atomic E-state index is 12.4. The lowest BCUT2D eigenvalue weighted by Crippen LogP contribution is -2.38. The van der Waals surface area contributed by atoms with Crippen molar-refractivity contribution in [3.63, 3.8) is 0 Å². The van der Waals surface area contributed by atoms with Crippen LogP contribution in [0, 0.1) is 31.6 Å². The van der Waals surface area contributed by atoms with Gasteiger partial charge in [0.15, 0.2) is 17.3 Å². The summed E-state index contributed by atoms with van der Waals surface area (Å²) in [5, 5.41) is 2.92. The minimum Gasteiger partial charge on any atom is -0.294 e. The molecule has 3 nitrogen and oxygen atoms in total. The van der Waals surface area contributed by atoms with Gasteiger partial charge in [-0.15, -0.1) is 0 Å². The van der Waals surface area contributed by atoms with Crippen LogP contribution in [0.5, 0.6) is 0 Å². The second-order valence-corrected chi connectivity index (χ2v) is 14.6. The Morgan fingerprint density at radius 2 is 0.815 bits per heavy atom. The quantitative estimate of drug-likeness (QED) is 0.170. The lowest BCUT2D eigenvalue weighted by Gasteiger charge is -2.33. The van der Waals surface area contributed by atoms with Crippen molar-refractivity contribution < 1.29 is 14.4 Å². The molecular weight excluding hydrogens is 657 g/mol. The summed E-state index contributed by atoms with van der Waals surface area (Å²) in [4.78, 5) is 36.9. The maximum Gasteiger partial charge on any atom is 0.170 e. The molecule has 0 spiro atoms. The van der Waals surface area contributed by atoms with Gasteiger partial charge in [-0.1, -0.05) is 120 Å². The molecule has 0 aromatic heterocycles. The first-order chi connectivity index (χ1) is 23.4. The maximum atomic E-state index is 12.4. The van der Waals surface area contributed by atoms with Gasteiger partial charge in [0.2, 0.25) is 0 Å². The van der Waals surface area contributed by atoms with Crippen molar-refractivity contribution in [1.82, 2.24) is 0 Å². The number of ketones is 3. The van der Waals surface area contributed by atoms with Crippen molar-refractivity contribution in [2.45, 2.75) is 120 Å². The van der Waals surface area contributed by atoms with Crippen molar-refractivity contribution in [2.24, 2.45) is 17.8 Å². The molecule has 2 fully saturated rings. The van der Waals surface area contributed by atoms with Gasteiger partial charge >= 0.3 is 0 Å². The molecule has 5 aliphatic rings. The smallest absolute Gasteiger partial charge is 0.170 e. The average molecular weight is 717 g/mol. The van der Waals surface area contributed by atoms with E-state index in [2.05, 4.69) is 51.1 Å². The van der Waals surface area contributed by atoms with Gasteiger partial charge < -0.3 is 0 Å². The van der Waals surface area contributed by atoms with Crippen molar-refractivity contribution in [3.05, 3.63) is 123 Å². The molecule has 5 aliphatic carbocycles. The molecule has 9 rings (SSSR count). The lowest BCUT2D eigenvalue weighted by molar-refractivity contribution is 0.0677. The molecule has 2 saturated carbocycles. The number of carbonyl (C=O) groups is 3. The lowest BCUT2D eigenvalue weighted by atomic mass is 9.67. The zero-order valence-electron chi connectivity index (χ0n) is 30.6. The van der Waals surface area contributed by atoms with Gasteiger partial charge in [0.05, 0.1) is 0 Å². The first kappa shape index (κ1) is 48.1. The molecule has 3 unspecified atom stereocenters. The topological polar surface area (TPSA) is 51.2 Å². The molecule has 0 saturated heterocycles. The molecule has 0 N–H and O–H groups in total. The molecule has 279 valence electrons. The van der Waals surface area contributed by atoms with E-state index in [1.54, 1.807) is 23.3 Å². The van der Waals surface area contributed by atoms with E-state index < -0.39 is 0 Å². The fourth-order valence-corrected chi connectivity index (χ4v) is 9.40. The molecule has 4 aromatic carbocycles.